The zero-order valence-corrected chi connectivity index (χ0v) is 21.3. The van der Waals surface area contributed by atoms with Gasteiger partial charge < -0.3 is 14.5 Å². The molecule has 36 heavy (non-hydrogen) atoms. The van der Waals surface area contributed by atoms with E-state index >= 15 is 0 Å². The van der Waals surface area contributed by atoms with Gasteiger partial charge >= 0.3 is 5.97 Å². The van der Waals surface area contributed by atoms with Crippen LogP contribution in [0.15, 0.2) is 82.7 Å². The van der Waals surface area contributed by atoms with Crippen LogP contribution in [0.4, 0.5) is 5.69 Å². The van der Waals surface area contributed by atoms with Gasteiger partial charge in [0.1, 0.15) is 5.75 Å². The van der Waals surface area contributed by atoms with Crippen LogP contribution in [0.1, 0.15) is 21.5 Å². The molecule has 0 spiro atoms. The zero-order chi connectivity index (χ0) is 25.1. The van der Waals surface area contributed by atoms with E-state index in [0.29, 0.717) is 16.2 Å². The van der Waals surface area contributed by atoms with Crippen LogP contribution in [0.3, 0.4) is 0 Å². The lowest BCUT2D eigenvalue weighted by Crippen LogP contribution is -2.47. The number of ether oxygens (including phenoxy) is 1. The van der Waals surface area contributed by atoms with Gasteiger partial charge in [-0.25, -0.2) is 4.79 Å². The number of esters is 1. The molecular formula is C28H24ClN3O3S. The number of carbonyl (C=O) groups is 2. The van der Waals surface area contributed by atoms with Crippen LogP contribution >= 0.6 is 23.4 Å². The first-order chi connectivity index (χ1) is 17.5. The van der Waals surface area contributed by atoms with Crippen molar-refractivity contribution in [2.75, 3.05) is 31.1 Å². The molecule has 0 bridgehead atoms. The maximum absolute atomic E-state index is 12.6. The summed E-state index contributed by atoms with van der Waals surface area (Å²) in [7, 11) is 0. The summed E-state index contributed by atoms with van der Waals surface area (Å²) >= 11 is 7.69. The second-order valence-corrected chi connectivity index (χ2v) is 9.96. The van der Waals surface area contributed by atoms with Gasteiger partial charge in [-0.3, -0.25) is 4.79 Å². The van der Waals surface area contributed by atoms with E-state index in [0.717, 1.165) is 53.2 Å². The predicted octanol–water partition coefficient (Wildman–Crippen LogP) is 5.66. The minimum atomic E-state index is -0.410. The minimum absolute atomic E-state index is 0.234. The van der Waals surface area contributed by atoms with Crippen molar-refractivity contribution in [3.63, 3.8) is 0 Å². The highest BCUT2D eigenvalue weighted by Gasteiger charge is 2.28. The lowest BCUT2D eigenvalue weighted by molar-refractivity contribution is -0.113. The van der Waals surface area contributed by atoms with Crippen LogP contribution in [0.2, 0.25) is 5.02 Å². The fraction of sp³-hybridized carbons (Fsp3) is 0.179. The van der Waals surface area contributed by atoms with Crippen LogP contribution in [-0.4, -0.2) is 48.1 Å². The SMILES string of the molecule is Cc1ccc(N2CCN(C3=NC(=O)C(=Cc4ccc(OC(=O)c5ccccc5)cc4)S3)CC2)cc1Cl. The number of hydrogen-bond acceptors (Lipinski definition) is 6. The molecule has 0 saturated carbocycles. The molecule has 182 valence electrons. The van der Waals surface area contributed by atoms with Crippen molar-refractivity contribution in [1.29, 1.82) is 0 Å². The van der Waals surface area contributed by atoms with Gasteiger partial charge in [0.2, 0.25) is 0 Å². The summed E-state index contributed by atoms with van der Waals surface area (Å²) in [4.78, 5) is 34.1. The molecule has 0 radical (unpaired) electrons. The molecule has 5 rings (SSSR count). The summed E-state index contributed by atoms with van der Waals surface area (Å²) in [6, 6.07) is 22.1. The number of hydrogen-bond donors (Lipinski definition) is 0. The number of aliphatic imine (C=N–C) groups is 1. The number of amides is 1. The number of piperazine rings is 1. The lowest BCUT2D eigenvalue weighted by Gasteiger charge is -2.36. The van der Waals surface area contributed by atoms with E-state index in [-0.39, 0.29) is 5.91 Å². The summed E-state index contributed by atoms with van der Waals surface area (Å²) in [5.41, 5.74) is 3.50. The van der Waals surface area contributed by atoms with Crippen LogP contribution < -0.4 is 9.64 Å². The number of nitrogens with zero attached hydrogens (tertiary/aromatic N) is 3. The fourth-order valence-electron chi connectivity index (χ4n) is 3.99. The van der Waals surface area contributed by atoms with E-state index in [9.17, 15) is 9.59 Å². The first kappa shape index (κ1) is 24.2. The molecule has 3 aromatic carbocycles. The minimum Gasteiger partial charge on any atom is -0.423 e. The second-order valence-electron chi connectivity index (χ2n) is 8.54. The third-order valence-corrected chi connectivity index (χ3v) is 7.53. The first-order valence-corrected chi connectivity index (χ1v) is 12.8. The van der Waals surface area contributed by atoms with Crippen LogP contribution in [0.25, 0.3) is 6.08 Å². The maximum Gasteiger partial charge on any atom is 0.343 e. The van der Waals surface area contributed by atoms with Gasteiger partial charge in [-0.15, -0.1) is 0 Å². The Hall–Kier alpha value is -3.55. The first-order valence-electron chi connectivity index (χ1n) is 11.6. The molecule has 0 N–H and O–H groups in total. The Morgan fingerprint density at radius 1 is 0.972 bits per heavy atom. The molecule has 2 heterocycles. The van der Waals surface area contributed by atoms with E-state index in [1.807, 2.05) is 43.3 Å². The monoisotopic (exact) mass is 517 g/mol. The molecule has 0 atom stereocenters. The summed E-state index contributed by atoms with van der Waals surface area (Å²) < 4.78 is 5.42. The quantitative estimate of drug-likeness (QED) is 0.253. The summed E-state index contributed by atoms with van der Waals surface area (Å²) in [6.07, 6.45) is 1.82. The van der Waals surface area contributed by atoms with Gasteiger partial charge in [0, 0.05) is 36.9 Å². The van der Waals surface area contributed by atoms with Crippen molar-refractivity contribution in [3.8, 4) is 5.75 Å². The van der Waals surface area contributed by atoms with E-state index in [2.05, 4.69) is 20.9 Å². The van der Waals surface area contributed by atoms with Crippen LogP contribution in [0, 0.1) is 6.92 Å². The second kappa shape index (κ2) is 10.6. The average molecular weight is 518 g/mol. The highest BCUT2D eigenvalue weighted by atomic mass is 35.5. The molecule has 0 aliphatic carbocycles. The normalized spacial score (nSPS) is 16.9. The van der Waals surface area contributed by atoms with Crippen molar-refractivity contribution in [3.05, 3.63) is 99.4 Å². The molecule has 1 saturated heterocycles. The van der Waals surface area contributed by atoms with E-state index < -0.39 is 5.97 Å². The highest BCUT2D eigenvalue weighted by Crippen LogP contribution is 2.32. The predicted molar refractivity (Wildman–Crippen MR) is 146 cm³/mol. The van der Waals surface area contributed by atoms with Gasteiger partial charge in [-0.2, -0.15) is 4.99 Å². The topological polar surface area (TPSA) is 62.2 Å². The number of aryl methyl sites for hydroxylation is 1. The Morgan fingerprint density at radius 2 is 1.67 bits per heavy atom. The Labute approximate surface area is 219 Å². The molecule has 0 unspecified atom stereocenters. The molecule has 1 amide bonds. The average Bonchev–Trinajstić information content (AvgIpc) is 3.27. The molecule has 2 aliphatic heterocycles. The van der Waals surface area contributed by atoms with E-state index in [4.69, 9.17) is 16.3 Å². The Balaban J connectivity index is 1.18. The Morgan fingerprint density at radius 3 is 2.36 bits per heavy atom. The third-order valence-electron chi connectivity index (χ3n) is 6.08. The highest BCUT2D eigenvalue weighted by molar-refractivity contribution is 8.18. The van der Waals surface area contributed by atoms with Crippen molar-refractivity contribution in [2.24, 2.45) is 4.99 Å². The fourth-order valence-corrected chi connectivity index (χ4v) is 5.13. The van der Waals surface area contributed by atoms with E-state index in [1.165, 1.54) is 11.8 Å². The maximum atomic E-state index is 12.6. The smallest absolute Gasteiger partial charge is 0.343 e. The summed E-state index contributed by atoms with van der Waals surface area (Å²) in [5.74, 6) is -0.199. The third kappa shape index (κ3) is 5.48. The summed E-state index contributed by atoms with van der Waals surface area (Å²) in [5, 5.41) is 1.51. The van der Waals surface area contributed by atoms with Gasteiger partial charge in [-0.05, 0) is 72.3 Å². The van der Waals surface area contributed by atoms with Crippen LogP contribution in [0.5, 0.6) is 5.75 Å². The molecule has 1 fully saturated rings. The van der Waals surface area contributed by atoms with Gasteiger partial charge in [0.05, 0.1) is 10.5 Å². The van der Waals surface area contributed by atoms with Gasteiger partial charge in [0.25, 0.3) is 5.91 Å². The van der Waals surface area contributed by atoms with Crippen molar-refractivity contribution >= 4 is 52.2 Å². The number of carbonyl (C=O) groups excluding carboxylic acids is 2. The number of halogens is 1. The number of benzene rings is 3. The largest absolute Gasteiger partial charge is 0.423 e. The van der Waals surface area contributed by atoms with Crippen molar-refractivity contribution in [2.45, 2.75) is 6.92 Å². The number of thioether (sulfide) groups is 1. The Kier molecular flexibility index (Phi) is 7.11. The van der Waals surface area contributed by atoms with Crippen molar-refractivity contribution < 1.29 is 14.3 Å². The van der Waals surface area contributed by atoms with E-state index in [1.54, 1.807) is 36.4 Å². The molecule has 6 nitrogen and oxygen atoms in total. The zero-order valence-electron chi connectivity index (χ0n) is 19.7. The van der Waals surface area contributed by atoms with Crippen molar-refractivity contribution in [1.82, 2.24) is 4.90 Å². The number of amidine groups is 1. The molecular weight excluding hydrogens is 494 g/mol. The van der Waals surface area contributed by atoms with Gasteiger partial charge in [0.15, 0.2) is 5.17 Å². The standard InChI is InChI=1S/C28H24ClN3O3S/c1-19-7-10-22(18-24(19)29)31-13-15-32(16-14-31)28-30-26(33)25(36-28)17-20-8-11-23(12-9-20)35-27(34)21-5-3-2-4-6-21/h2-12,17-18H,13-16H2,1H3. The summed E-state index contributed by atoms with van der Waals surface area (Å²) in [6.45, 7) is 5.21. The Bertz CT molecular complexity index is 1350. The van der Waals surface area contributed by atoms with Gasteiger partial charge in [-0.1, -0.05) is 48.0 Å². The number of rotatable bonds is 4. The molecule has 0 aromatic heterocycles. The van der Waals surface area contributed by atoms with Crippen LogP contribution in [-0.2, 0) is 4.79 Å². The number of anilines is 1. The molecule has 2 aliphatic rings. The molecule has 3 aromatic rings. The lowest BCUT2D eigenvalue weighted by atomic mass is 10.2. The molecule has 8 heteroatoms.